The molecule has 1 saturated carbocycles. The number of benzene rings is 2. The minimum Gasteiger partial charge on any atom is -0.492 e. The molecule has 186 valence electrons. The summed E-state index contributed by atoms with van der Waals surface area (Å²) in [4.78, 5) is 27.3. The van der Waals surface area contributed by atoms with Crippen LogP contribution in [0.3, 0.4) is 0 Å². The minimum absolute atomic E-state index is 0.0404. The van der Waals surface area contributed by atoms with Crippen molar-refractivity contribution in [1.29, 1.82) is 0 Å². The van der Waals surface area contributed by atoms with Crippen molar-refractivity contribution < 1.29 is 13.9 Å². The van der Waals surface area contributed by atoms with E-state index in [0.29, 0.717) is 41.4 Å². The van der Waals surface area contributed by atoms with Crippen LogP contribution in [0.2, 0.25) is 0 Å². The van der Waals surface area contributed by atoms with Gasteiger partial charge in [0.25, 0.3) is 0 Å². The standard InChI is InChI=1S/C29H36N2O4/c1-2-3-5-11-28(32)30-16-8-17-31(23-12-13-23)18-19-34-24-14-15-25-27(20-24)35-21-26(29(25)33)22-9-6-4-7-10-22/h4,6-7,9-10,14-15,20-21,23H,2-3,5,8,11-13,16-19H2,1H3,(H,30,32). The van der Waals surface area contributed by atoms with Crippen LogP contribution in [-0.4, -0.2) is 43.1 Å². The summed E-state index contributed by atoms with van der Waals surface area (Å²) in [6, 6.07) is 15.6. The van der Waals surface area contributed by atoms with Crippen molar-refractivity contribution >= 4 is 16.9 Å². The Hall–Kier alpha value is -3.12. The first-order valence-electron chi connectivity index (χ1n) is 12.9. The summed E-state index contributed by atoms with van der Waals surface area (Å²) >= 11 is 0. The topological polar surface area (TPSA) is 71.8 Å². The van der Waals surface area contributed by atoms with E-state index in [1.54, 1.807) is 12.1 Å². The molecule has 1 amide bonds. The maximum atomic E-state index is 12.9. The molecule has 0 bridgehead atoms. The molecule has 0 unspecified atom stereocenters. The van der Waals surface area contributed by atoms with E-state index in [2.05, 4.69) is 17.1 Å². The summed E-state index contributed by atoms with van der Waals surface area (Å²) in [7, 11) is 0. The van der Waals surface area contributed by atoms with Crippen molar-refractivity contribution in [3.63, 3.8) is 0 Å². The third-order valence-corrected chi connectivity index (χ3v) is 6.49. The number of carbonyl (C=O) groups excluding carboxylic acids is 1. The zero-order valence-electron chi connectivity index (χ0n) is 20.6. The fourth-order valence-corrected chi connectivity index (χ4v) is 4.35. The summed E-state index contributed by atoms with van der Waals surface area (Å²) < 4.78 is 11.8. The number of carbonyl (C=O) groups is 1. The molecule has 4 rings (SSSR count). The average Bonchev–Trinajstić information content (AvgIpc) is 3.72. The minimum atomic E-state index is -0.0404. The quantitative estimate of drug-likeness (QED) is 0.316. The van der Waals surface area contributed by atoms with E-state index in [0.717, 1.165) is 50.9 Å². The Bertz CT molecular complexity index is 1150. The lowest BCUT2D eigenvalue weighted by Crippen LogP contribution is -2.34. The lowest BCUT2D eigenvalue weighted by atomic mass is 10.1. The molecule has 0 saturated heterocycles. The maximum absolute atomic E-state index is 12.9. The molecule has 35 heavy (non-hydrogen) atoms. The number of nitrogens with zero attached hydrogens (tertiary/aromatic N) is 1. The van der Waals surface area contributed by atoms with Gasteiger partial charge >= 0.3 is 0 Å². The Morgan fingerprint density at radius 3 is 2.69 bits per heavy atom. The highest BCUT2D eigenvalue weighted by atomic mass is 16.5. The third-order valence-electron chi connectivity index (χ3n) is 6.49. The number of ether oxygens (including phenoxy) is 1. The first-order chi connectivity index (χ1) is 17.2. The highest BCUT2D eigenvalue weighted by Gasteiger charge is 2.28. The van der Waals surface area contributed by atoms with Crippen LogP contribution in [0.15, 0.2) is 64.0 Å². The van der Waals surface area contributed by atoms with E-state index < -0.39 is 0 Å². The zero-order valence-corrected chi connectivity index (χ0v) is 20.6. The second-order valence-electron chi connectivity index (χ2n) is 9.28. The van der Waals surface area contributed by atoms with Crippen molar-refractivity contribution in [3.8, 4) is 16.9 Å². The maximum Gasteiger partial charge on any atom is 0.219 e. The molecule has 0 aliphatic heterocycles. The summed E-state index contributed by atoms with van der Waals surface area (Å²) in [6.45, 7) is 5.23. The smallest absolute Gasteiger partial charge is 0.219 e. The van der Waals surface area contributed by atoms with E-state index in [4.69, 9.17) is 9.15 Å². The predicted molar refractivity (Wildman–Crippen MR) is 140 cm³/mol. The van der Waals surface area contributed by atoms with Gasteiger partial charge in [-0.15, -0.1) is 0 Å². The molecular weight excluding hydrogens is 440 g/mol. The van der Waals surface area contributed by atoms with Crippen molar-refractivity contribution in [2.24, 2.45) is 0 Å². The highest BCUT2D eigenvalue weighted by Crippen LogP contribution is 2.27. The fraction of sp³-hybridized carbons (Fsp3) is 0.448. The summed E-state index contributed by atoms with van der Waals surface area (Å²) in [5, 5.41) is 3.59. The van der Waals surface area contributed by atoms with Gasteiger partial charge in [-0.3, -0.25) is 14.5 Å². The molecule has 0 radical (unpaired) electrons. The Morgan fingerprint density at radius 1 is 1.09 bits per heavy atom. The number of hydrogen-bond acceptors (Lipinski definition) is 5. The van der Waals surface area contributed by atoms with Crippen molar-refractivity contribution in [1.82, 2.24) is 10.2 Å². The van der Waals surface area contributed by atoms with Crippen LogP contribution in [-0.2, 0) is 4.79 Å². The molecule has 1 aliphatic rings. The van der Waals surface area contributed by atoms with Gasteiger partial charge in [-0.2, -0.15) is 0 Å². The third kappa shape index (κ3) is 7.18. The first kappa shape index (κ1) is 25.0. The van der Waals surface area contributed by atoms with E-state index in [9.17, 15) is 9.59 Å². The van der Waals surface area contributed by atoms with Gasteiger partial charge in [-0.05, 0) is 43.4 Å². The van der Waals surface area contributed by atoms with Gasteiger partial charge < -0.3 is 14.5 Å². The highest BCUT2D eigenvalue weighted by molar-refractivity contribution is 5.82. The van der Waals surface area contributed by atoms with Crippen LogP contribution in [0.25, 0.3) is 22.1 Å². The van der Waals surface area contributed by atoms with E-state index in [1.165, 1.54) is 19.1 Å². The molecule has 0 atom stereocenters. The van der Waals surface area contributed by atoms with Crippen LogP contribution >= 0.6 is 0 Å². The van der Waals surface area contributed by atoms with Crippen molar-refractivity contribution in [3.05, 3.63) is 65.0 Å². The fourth-order valence-electron chi connectivity index (χ4n) is 4.35. The van der Waals surface area contributed by atoms with E-state index in [-0.39, 0.29) is 11.3 Å². The van der Waals surface area contributed by atoms with E-state index in [1.807, 2.05) is 36.4 Å². The molecule has 1 heterocycles. The molecule has 6 nitrogen and oxygen atoms in total. The van der Waals surface area contributed by atoms with Gasteiger partial charge in [0.05, 0.1) is 10.9 Å². The van der Waals surface area contributed by atoms with Gasteiger partial charge in [-0.1, -0.05) is 50.1 Å². The normalized spacial score (nSPS) is 13.3. The number of hydrogen-bond donors (Lipinski definition) is 1. The molecular formula is C29H36N2O4. The van der Waals surface area contributed by atoms with Crippen LogP contribution in [0.1, 0.15) is 51.9 Å². The van der Waals surface area contributed by atoms with Crippen LogP contribution in [0.5, 0.6) is 5.75 Å². The Labute approximate surface area is 207 Å². The van der Waals surface area contributed by atoms with E-state index >= 15 is 0 Å². The van der Waals surface area contributed by atoms with Crippen molar-refractivity contribution in [2.45, 2.75) is 57.9 Å². The van der Waals surface area contributed by atoms with Gasteiger partial charge in [-0.25, -0.2) is 0 Å². The SMILES string of the molecule is CCCCCC(=O)NCCCN(CCOc1ccc2c(=O)c(-c3ccccc3)coc2c1)C1CC1. The van der Waals surface area contributed by atoms with Crippen LogP contribution < -0.4 is 15.5 Å². The van der Waals surface area contributed by atoms with Crippen molar-refractivity contribution in [2.75, 3.05) is 26.2 Å². The Balaban J connectivity index is 1.26. The monoisotopic (exact) mass is 476 g/mol. The molecule has 2 aromatic carbocycles. The number of rotatable bonds is 14. The van der Waals surface area contributed by atoms with Gasteiger partial charge in [0.1, 0.15) is 24.2 Å². The second-order valence-corrected chi connectivity index (χ2v) is 9.28. The van der Waals surface area contributed by atoms with Crippen LogP contribution in [0.4, 0.5) is 0 Å². The zero-order chi connectivity index (χ0) is 24.5. The molecule has 1 aliphatic carbocycles. The molecule has 3 aromatic rings. The Kier molecular flexibility index (Phi) is 8.96. The summed E-state index contributed by atoms with van der Waals surface area (Å²) in [5.41, 5.74) is 1.89. The largest absolute Gasteiger partial charge is 0.492 e. The molecule has 6 heteroatoms. The molecule has 1 aromatic heterocycles. The first-order valence-corrected chi connectivity index (χ1v) is 12.9. The molecule has 1 fully saturated rings. The Morgan fingerprint density at radius 2 is 1.91 bits per heavy atom. The lowest BCUT2D eigenvalue weighted by Gasteiger charge is -2.22. The molecule has 1 N–H and O–H groups in total. The second kappa shape index (κ2) is 12.5. The lowest BCUT2D eigenvalue weighted by molar-refractivity contribution is -0.121. The van der Waals surface area contributed by atoms with Gasteiger partial charge in [0.15, 0.2) is 5.43 Å². The van der Waals surface area contributed by atoms with Gasteiger partial charge in [0.2, 0.25) is 5.91 Å². The van der Waals surface area contributed by atoms with Crippen LogP contribution in [0, 0.1) is 0 Å². The number of amides is 1. The predicted octanol–water partition coefficient (Wildman–Crippen LogP) is 5.39. The molecule has 0 spiro atoms. The summed E-state index contributed by atoms with van der Waals surface area (Å²) in [5.74, 6) is 0.863. The number of nitrogens with one attached hydrogen (secondary N) is 1. The van der Waals surface area contributed by atoms with Gasteiger partial charge in [0, 0.05) is 38.2 Å². The number of unbranched alkanes of at least 4 members (excludes halogenated alkanes) is 2. The average molecular weight is 477 g/mol. The summed E-state index contributed by atoms with van der Waals surface area (Å²) in [6.07, 6.45) is 8.79. The number of fused-ring (bicyclic) bond motifs is 1.